The number of halogens is 3. The van der Waals surface area contributed by atoms with Crippen LogP contribution in [0.3, 0.4) is 0 Å². The first-order valence-corrected chi connectivity index (χ1v) is 14.2. The molecule has 4 rings (SSSR count). The molecule has 0 N–H and O–H groups in total. The van der Waals surface area contributed by atoms with Crippen LogP contribution in [0.15, 0.2) is 52.5 Å². The molecule has 198 valence electrons. The molecule has 1 aliphatic rings. The second kappa shape index (κ2) is 11.1. The number of alkyl halides is 3. The standard InChI is InChI=1S/C25H25F3NO5S3/c1-29(11-2-6-18(30)19-7-3-13-35-19)12-10-17(16-29)33-22(31)24(20-8-4-14-36-20,21-9-5-15-37-21)34-23(32)25(26,27)28/h3-5,7-9,13-15,17H,2,6,10-12,16H2,1H3/q+1. The van der Waals surface area contributed by atoms with Crippen LogP contribution in [-0.2, 0) is 24.7 Å². The van der Waals surface area contributed by atoms with Crippen molar-refractivity contribution in [2.75, 3.05) is 26.7 Å². The summed E-state index contributed by atoms with van der Waals surface area (Å²) >= 11 is 3.42. The Morgan fingerprint density at radius 3 is 2.14 bits per heavy atom. The van der Waals surface area contributed by atoms with Crippen LogP contribution < -0.4 is 0 Å². The lowest BCUT2D eigenvalue weighted by molar-refractivity contribution is -0.899. The summed E-state index contributed by atoms with van der Waals surface area (Å²) in [6.45, 7) is 1.81. The van der Waals surface area contributed by atoms with Crippen LogP contribution in [0, 0.1) is 0 Å². The summed E-state index contributed by atoms with van der Waals surface area (Å²) in [7, 11) is 2.00. The molecule has 3 aromatic heterocycles. The molecule has 2 unspecified atom stereocenters. The number of hydrogen-bond donors (Lipinski definition) is 0. The van der Waals surface area contributed by atoms with Crippen LogP contribution in [0.1, 0.15) is 38.7 Å². The van der Waals surface area contributed by atoms with Gasteiger partial charge >= 0.3 is 18.1 Å². The molecule has 0 saturated carbocycles. The third kappa shape index (κ3) is 6.14. The van der Waals surface area contributed by atoms with Gasteiger partial charge in [0.1, 0.15) is 6.54 Å². The summed E-state index contributed by atoms with van der Waals surface area (Å²) in [6, 6.07) is 9.68. The van der Waals surface area contributed by atoms with E-state index < -0.39 is 29.8 Å². The summed E-state index contributed by atoms with van der Waals surface area (Å²) in [5.41, 5.74) is -2.35. The molecule has 12 heteroatoms. The normalized spacial score (nSPS) is 20.1. The first-order valence-electron chi connectivity index (χ1n) is 11.5. The quantitative estimate of drug-likeness (QED) is 0.179. The summed E-state index contributed by atoms with van der Waals surface area (Å²) in [4.78, 5) is 38.9. The van der Waals surface area contributed by atoms with Gasteiger partial charge in [-0.05, 0) is 34.3 Å². The lowest BCUT2D eigenvalue weighted by atomic mass is 9.99. The first-order chi connectivity index (χ1) is 17.5. The number of quaternary nitrogens is 1. The van der Waals surface area contributed by atoms with Gasteiger partial charge < -0.3 is 14.0 Å². The maximum atomic E-state index is 13.6. The number of likely N-dealkylation sites (N-methyl/N-ethyl adjacent to an activating group) is 1. The Morgan fingerprint density at radius 2 is 1.59 bits per heavy atom. The van der Waals surface area contributed by atoms with Gasteiger partial charge in [-0.3, -0.25) is 4.79 Å². The van der Waals surface area contributed by atoms with E-state index in [2.05, 4.69) is 0 Å². The van der Waals surface area contributed by atoms with Gasteiger partial charge in [0.2, 0.25) is 0 Å². The number of ketones is 1. The number of ether oxygens (including phenoxy) is 2. The van der Waals surface area contributed by atoms with E-state index in [1.807, 2.05) is 18.5 Å². The van der Waals surface area contributed by atoms with E-state index >= 15 is 0 Å². The van der Waals surface area contributed by atoms with Crippen LogP contribution >= 0.6 is 34.0 Å². The molecule has 1 fully saturated rings. The topological polar surface area (TPSA) is 69.7 Å². The van der Waals surface area contributed by atoms with Gasteiger partial charge in [-0.1, -0.05) is 18.2 Å². The molecule has 0 aromatic carbocycles. The molecule has 4 heterocycles. The fourth-order valence-electron chi connectivity index (χ4n) is 4.46. The van der Waals surface area contributed by atoms with E-state index in [0.29, 0.717) is 43.4 Å². The average molecular weight is 573 g/mol. The summed E-state index contributed by atoms with van der Waals surface area (Å²) in [5.74, 6) is -3.43. The first kappa shape index (κ1) is 27.5. The van der Waals surface area contributed by atoms with E-state index in [1.54, 1.807) is 29.0 Å². The van der Waals surface area contributed by atoms with Gasteiger partial charge in [-0.25, -0.2) is 9.59 Å². The molecule has 1 aliphatic heterocycles. The van der Waals surface area contributed by atoms with Crippen molar-refractivity contribution in [3.05, 3.63) is 67.2 Å². The second-order valence-electron chi connectivity index (χ2n) is 9.09. The van der Waals surface area contributed by atoms with Crippen molar-refractivity contribution in [2.45, 2.75) is 37.1 Å². The second-order valence-corrected chi connectivity index (χ2v) is 11.9. The number of thiophene rings is 3. The van der Waals surface area contributed by atoms with Crippen molar-refractivity contribution >= 4 is 51.7 Å². The summed E-state index contributed by atoms with van der Waals surface area (Å²) < 4.78 is 51.1. The highest BCUT2D eigenvalue weighted by molar-refractivity contribution is 7.12. The molecule has 0 bridgehead atoms. The zero-order valence-electron chi connectivity index (χ0n) is 19.9. The van der Waals surface area contributed by atoms with Gasteiger partial charge in [-0.2, -0.15) is 13.2 Å². The van der Waals surface area contributed by atoms with Crippen molar-refractivity contribution < 1.29 is 41.5 Å². The highest BCUT2D eigenvalue weighted by Gasteiger charge is 2.55. The van der Waals surface area contributed by atoms with Crippen molar-refractivity contribution in [3.63, 3.8) is 0 Å². The zero-order valence-corrected chi connectivity index (χ0v) is 22.3. The third-order valence-corrected chi connectivity index (χ3v) is 9.16. The number of esters is 2. The minimum atomic E-state index is -5.29. The van der Waals surface area contributed by atoms with Gasteiger partial charge in [0, 0.05) is 19.3 Å². The van der Waals surface area contributed by atoms with E-state index in [-0.39, 0.29) is 15.5 Å². The minimum Gasteiger partial charge on any atom is -0.453 e. The van der Waals surface area contributed by atoms with E-state index in [4.69, 9.17) is 9.47 Å². The van der Waals surface area contributed by atoms with Gasteiger partial charge in [0.15, 0.2) is 11.9 Å². The molecule has 0 spiro atoms. The predicted molar refractivity (Wildman–Crippen MR) is 135 cm³/mol. The molecule has 37 heavy (non-hydrogen) atoms. The predicted octanol–water partition coefficient (Wildman–Crippen LogP) is 5.65. The van der Waals surface area contributed by atoms with Gasteiger partial charge in [-0.15, -0.1) is 34.0 Å². The van der Waals surface area contributed by atoms with Crippen molar-refractivity contribution in [3.8, 4) is 0 Å². The van der Waals surface area contributed by atoms with Crippen molar-refractivity contribution in [2.24, 2.45) is 0 Å². The van der Waals surface area contributed by atoms with Crippen LogP contribution in [0.4, 0.5) is 13.2 Å². The lowest BCUT2D eigenvalue weighted by Gasteiger charge is -2.32. The Hall–Kier alpha value is -2.54. The zero-order chi connectivity index (χ0) is 26.7. The van der Waals surface area contributed by atoms with Gasteiger partial charge in [0.25, 0.3) is 5.60 Å². The molecular formula is C25H25F3NO5S3+. The van der Waals surface area contributed by atoms with Crippen LogP contribution in [0.5, 0.6) is 0 Å². The lowest BCUT2D eigenvalue weighted by Crippen LogP contribution is -2.47. The smallest absolute Gasteiger partial charge is 0.453 e. The number of Topliss-reactive ketones (excluding diaryl/α,β-unsaturated/α-hetero) is 1. The Bertz CT molecular complexity index is 1170. The minimum absolute atomic E-state index is 0.0898. The SMILES string of the molecule is C[N+]1(CCCC(=O)c2cccs2)CCC(OC(=O)C(OC(=O)C(F)(F)F)(c2cccs2)c2cccs2)C1. The molecule has 6 nitrogen and oxygen atoms in total. The maximum absolute atomic E-state index is 13.6. The average Bonchev–Trinajstić information content (AvgIpc) is 3.65. The molecule has 0 amide bonds. The third-order valence-electron chi connectivity index (χ3n) is 6.31. The summed E-state index contributed by atoms with van der Waals surface area (Å²) in [5, 5.41) is 5.04. The Labute approximate surface area is 223 Å². The molecule has 3 aromatic rings. The monoisotopic (exact) mass is 572 g/mol. The van der Waals surface area contributed by atoms with E-state index in [9.17, 15) is 27.6 Å². The van der Waals surface area contributed by atoms with Crippen LogP contribution in [0.2, 0.25) is 0 Å². The van der Waals surface area contributed by atoms with E-state index in [1.165, 1.54) is 23.5 Å². The fraction of sp³-hybridized carbons (Fsp3) is 0.400. The number of rotatable bonds is 10. The number of nitrogens with zero attached hydrogens (tertiary/aromatic N) is 1. The Kier molecular flexibility index (Phi) is 8.22. The molecular weight excluding hydrogens is 547 g/mol. The molecule has 2 atom stereocenters. The molecule has 0 radical (unpaired) electrons. The highest BCUT2D eigenvalue weighted by Crippen LogP contribution is 2.42. The molecule has 0 aliphatic carbocycles. The number of likely N-dealkylation sites (tertiary alicyclic amines) is 1. The maximum Gasteiger partial charge on any atom is 0.490 e. The van der Waals surface area contributed by atoms with Crippen LogP contribution in [-0.4, -0.2) is 61.2 Å². The van der Waals surface area contributed by atoms with Crippen molar-refractivity contribution in [1.82, 2.24) is 0 Å². The fourth-order valence-corrected chi connectivity index (χ4v) is 6.95. The van der Waals surface area contributed by atoms with Gasteiger partial charge in [0.05, 0.1) is 34.8 Å². The summed E-state index contributed by atoms with van der Waals surface area (Å²) in [6.07, 6.45) is -4.30. The van der Waals surface area contributed by atoms with Crippen LogP contribution in [0.25, 0.3) is 0 Å². The number of hydrogen-bond acceptors (Lipinski definition) is 8. The number of carbonyl (C=O) groups is 3. The van der Waals surface area contributed by atoms with Crippen molar-refractivity contribution in [1.29, 1.82) is 0 Å². The highest BCUT2D eigenvalue weighted by atomic mass is 32.1. The Balaban J connectivity index is 1.48. The number of carbonyl (C=O) groups excluding carboxylic acids is 3. The van der Waals surface area contributed by atoms with E-state index in [0.717, 1.165) is 27.6 Å². The molecule has 1 saturated heterocycles. The largest absolute Gasteiger partial charge is 0.490 e. The Morgan fingerprint density at radius 1 is 0.973 bits per heavy atom.